The van der Waals surface area contributed by atoms with Crippen LogP contribution in [0.5, 0.6) is 0 Å². The SMILES string of the molecule is CCCCCCCCCCCCCCC=CCC1CNC(C(=O)O)N1CCN. The van der Waals surface area contributed by atoms with Gasteiger partial charge in [0, 0.05) is 25.7 Å². The zero-order chi connectivity index (χ0) is 20.5. The van der Waals surface area contributed by atoms with E-state index < -0.39 is 12.1 Å². The molecule has 0 aromatic rings. The zero-order valence-electron chi connectivity index (χ0n) is 18.2. The maximum Gasteiger partial charge on any atom is 0.335 e. The van der Waals surface area contributed by atoms with Gasteiger partial charge in [-0.05, 0) is 19.3 Å². The molecule has 1 heterocycles. The van der Waals surface area contributed by atoms with Crippen LogP contribution >= 0.6 is 0 Å². The lowest BCUT2D eigenvalue weighted by atomic mass is 10.0. The molecule has 1 aliphatic heterocycles. The van der Waals surface area contributed by atoms with E-state index in [4.69, 9.17) is 5.73 Å². The molecule has 0 aromatic carbocycles. The van der Waals surface area contributed by atoms with E-state index in [0.717, 1.165) is 19.4 Å². The number of unbranched alkanes of at least 4 members (excludes halogenated alkanes) is 12. The van der Waals surface area contributed by atoms with Crippen LogP contribution in [0.1, 0.15) is 96.8 Å². The van der Waals surface area contributed by atoms with Crippen LogP contribution in [0.2, 0.25) is 0 Å². The molecule has 0 saturated carbocycles. The predicted octanol–water partition coefficient (Wildman–Crippen LogP) is 4.67. The number of nitrogens with one attached hydrogen (secondary N) is 1. The molecule has 28 heavy (non-hydrogen) atoms. The summed E-state index contributed by atoms with van der Waals surface area (Å²) in [7, 11) is 0. The highest BCUT2D eigenvalue weighted by Gasteiger charge is 2.36. The minimum atomic E-state index is -0.809. The quantitative estimate of drug-likeness (QED) is 0.232. The van der Waals surface area contributed by atoms with E-state index in [0.29, 0.717) is 13.1 Å². The van der Waals surface area contributed by atoms with E-state index in [1.807, 2.05) is 4.90 Å². The highest BCUT2D eigenvalue weighted by Crippen LogP contribution is 2.16. The molecule has 1 fully saturated rings. The minimum Gasteiger partial charge on any atom is -0.479 e. The Morgan fingerprint density at radius 2 is 1.57 bits per heavy atom. The van der Waals surface area contributed by atoms with Crippen molar-refractivity contribution in [3.63, 3.8) is 0 Å². The summed E-state index contributed by atoms with van der Waals surface area (Å²) in [6, 6.07) is 0.239. The van der Waals surface area contributed by atoms with Crippen LogP contribution in [-0.2, 0) is 4.79 Å². The van der Waals surface area contributed by atoms with Gasteiger partial charge in [-0.3, -0.25) is 10.2 Å². The summed E-state index contributed by atoms with van der Waals surface area (Å²) in [6.07, 6.45) is 22.5. The van der Waals surface area contributed by atoms with E-state index in [9.17, 15) is 9.90 Å². The van der Waals surface area contributed by atoms with Gasteiger partial charge < -0.3 is 10.8 Å². The number of rotatable bonds is 18. The Labute approximate surface area is 173 Å². The van der Waals surface area contributed by atoms with E-state index in [2.05, 4.69) is 24.4 Å². The average Bonchev–Trinajstić information content (AvgIpc) is 3.08. The Balaban J connectivity index is 1.96. The largest absolute Gasteiger partial charge is 0.479 e. The Morgan fingerprint density at radius 3 is 2.11 bits per heavy atom. The summed E-state index contributed by atoms with van der Waals surface area (Å²) in [5, 5.41) is 12.3. The van der Waals surface area contributed by atoms with Gasteiger partial charge in [-0.2, -0.15) is 0 Å². The van der Waals surface area contributed by atoms with Gasteiger partial charge in [0.15, 0.2) is 6.17 Å². The van der Waals surface area contributed by atoms with Gasteiger partial charge in [-0.25, -0.2) is 4.79 Å². The molecule has 4 N–H and O–H groups in total. The Kier molecular flexibility index (Phi) is 15.2. The molecule has 2 unspecified atom stereocenters. The Bertz CT molecular complexity index is 415. The third-order valence-electron chi connectivity index (χ3n) is 5.77. The maximum atomic E-state index is 11.3. The van der Waals surface area contributed by atoms with Crippen molar-refractivity contribution in [2.75, 3.05) is 19.6 Å². The lowest BCUT2D eigenvalue weighted by molar-refractivity contribution is -0.143. The van der Waals surface area contributed by atoms with Crippen molar-refractivity contribution in [2.45, 2.75) is 109 Å². The highest BCUT2D eigenvalue weighted by molar-refractivity contribution is 5.73. The van der Waals surface area contributed by atoms with E-state index >= 15 is 0 Å². The van der Waals surface area contributed by atoms with Crippen LogP contribution in [0.15, 0.2) is 12.2 Å². The van der Waals surface area contributed by atoms with Gasteiger partial charge in [0.05, 0.1) is 0 Å². The number of carboxylic acid groups (broad SMARTS) is 1. The van der Waals surface area contributed by atoms with Gasteiger partial charge in [0.2, 0.25) is 0 Å². The number of hydrogen-bond acceptors (Lipinski definition) is 4. The number of aliphatic carboxylic acids is 1. The number of nitrogens with zero attached hydrogens (tertiary/aromatic N) is 1. The van der Waals surface area contributed by atoms with Crippen molar-refractivity contribution < 1.29 is 9.90 Å². The summed E-state index contributed by atoms with van der Waals surface area (Å²) in [6.45, 7) is 4.11. The molecule has 0 aliphatic carbocycles. The minimum absolute atomic E-state index is 0.239. The first-order chi connectivity index (χ1) is 13.7. The number of hydrogen-bond donors (Lipinski definition) is 3. The second-order valence-corrected chi connectivity index (χ2v) is 8.21. The van der Waals surface area contributed by atoms with Crippen molar-refractivity contribution in [2.24, 2.45) is 5.73 Å². The second kappa shape index (κ2) is 17.0. The molecule has 0 amide bonds. The molecule has 5 heteroatoms. The molecule has 0 spiro atoms. The topological polar surface area (TPSA) is 78.6 Å². The fourth-order valence-electron chi connectivity index (χ4n) is 4.08. The summed E-state index contributed by atoms with van der Waals surface area (Å²) in [5.74, 6) is -0.809. The molecular formula is C23H45N3O2. The van der Waals surface area contributed by atoms with Gasteiger partial charge >= 0.3 is 5.97 Å². The number of carbonyl (C=O) groups is 1. The molecule has 0 bridgehead atoms. The Hall–Kier alpha value is -0.910. The van der Waals surface area contributed by atoms with Gasteiger partial charge in [-0.1, -0.05) is 89.7 Å². The lowest BCUT2D eigenvalue weighted by Crippen LogP contribution is -2.46. The molecular weight excluding hydrogens is 350 g/mol. The molecule has 1 aliphatic rings. The van der Waals surface area contributed by atoms with Gasteiger partial charge in [0.1, 0.15) is 0 Å². The number of allylic oxidation sites excluding steroid dienone is 1. The van der Waals surface area contributed by atoms with Crippen LogP contribution in [-0.4, -0.2) is 47.8 Å². The molecule has 0 radical (unpaired) electrons. The smallest absolute Gasteiger partial charge is 0.335 e. The second-order valence-electron chi connectivity index (χ2n) is 8.21. The Morgan fingerprint density at radius 1 is 1.00 bits per heavy atom. The highest BCUT2D eigenvalue weighted by atomic mass is 16.4. The fraction of sp³-hybridized carbons (Fsp3) is 0.870. The molecule has 5 nitrogen and oxygen atoms in total. The first-order valence-corrected chi connectivity index (χ1v) is 11.8. The van der Waals surface area contributed by atoms with Crippen LogP contribution in [0, 0.1) is 0 Å². The van der Waals surface area contributed by atoms with Crippen molar-refractivity contribution in [1.82, 2.24) is 10.2 Å². The maximum absolute atomic E-state index is 11.3. The molecule has 2 atom stereocenters. The fourth-order valence-corrected chi connectivity index (χ4v) is 4.08. The standard InChI is InChI=1S/C23H45N3O2/c1-2-3-4-5-6-7-8-9-10-11-12-13-14-15-16-17-21-20-25-22(23(27)28)26(21)19-18-24/h15-16,21-22,25H,2-14,17-20,24H2,1H3,(H,27,28). The number of nitrogens with two attached hydrogens (primary N) is 1. The first kappa shape index (κ1) is 25.1. The third kappa shape index (κ3) is 11.2. The van der Waals surface area contributed by atoms with Crippen LogP contribution in [0.25, 0.3) is 0 Å². The summed E-state index contributed by atoms with van der Waals surface area (Å²) in [5.41, 5.74) is 5.64. The van der Waals surface area contributed by atoms with Crippen molar-refractivity contribution in [1.29, 1.82) is 0 Å². The van der Waals surface area contributed by atoms with E-state index in [1.54, 1.807) is 0 Å². The van der Waals surface area contributed by atoms with Crippen molar-refractivity contribution in [3.8, 4) is 0 Å². The van der Waals surface area contributed by atoms with Gasteiger partial charge in [0.25, 0.3) is 0 Å². The normalized spacial score (nSPS) is 20.4. The van der Waals surface area contributed by atoms with E-state index in [-0.39, 0.29) is 6.04 Å². The van der Waals surface area contributed by atoms with Crippen LogP contribution in [0.3, 0.4) is 0 Å². The monoisotopic (exact) mass is 395 g/mol. The predicted molar refractivity (Wildman–Crippen MR) is 118 cm³/mol. The zero-order valence-corrected chi connectivity index (χ0v) is 18.2. The van der Waals surface area contributed by atoms with E-state index in [1.165, 1.54) is 77.0 Å². The summed E-state index contributed by atoms with van der Waals surface area (Å²) >= 11 is 0. The summed E-state index contributed by atoms with van der Waals surface area (Å²) in [4.78, 5) is 13.3. The molecule has 0 aromatic heterocycles. The third-order valence-corrected chi connectivity index (χ3v) is 5.77. The molecule has 1 rings (SSSR count). The summed E-state index contributed by atoms with van der Waals surface area (Å²) < 4.78 is 0. The van der Waals surface area contributed by atoms with Crippen molar-refractivity contribution >= 4 is 5.97 Å². The average molecular weight is 396 g/mol. The molecule has 1 saturated heterocycles. The van der Waals surface area contributed by atoms with Gasteiger partial charge in [-0.15, -0.1) is 0 Å². The van der Waals surface area contributed by atoms with Crippen molar-refractivity contribution in [3.05, 3.63) is 12.2 Å². The van der Waals surface area contributed by atoms with Crippen LogP contribution in [0.4, 0.5) is 0 Å². The lowest BCUT2D eigenvalue weighted by Gasteiger charge is -2.25. The first-order valence-electron chi connectivity index (χ1n) is 11.8. The molecule has 164 valence electrons. The van der Waals surface area contributed by atoms with Crippen LogP contribution < -0.4 is 11.1 Å². The number of carboxylic acids is 1.